The van der Waals surface area contributed by atoms with Gasteiger partial charge in [-0.2, -0.15) is 0 Å². The molecule has 0 saturated heterocycles. The summed E-state index contributed by atoms with van der Waals surface area (Å²) in [4.78, 5) is 29.2. The van der Waals surface area contributed by atoms with Gasteiger partial charge in [-0.15, -0.1) is 11.3 Å². The summed E-state index contributed by atoms with van der Waals surface area (Å²) in [6.07, 6.45) is 0.716. The fraction of sp³-hybridized carbons (Fsp3) is 0.227. The van der Waals surface area contributed by atoms with Crippen molar-refractivity contribution in [1.82, 2.24) is 10.3 Å². The summed E-state index contributed by atoms with van der Waals surface area (Å²) in [7, 11) is 0. The van der Waals surface area contributed by atoms with E-state index in [1.165, 1.54) is 23.8 Å². The first kappa shape index (κ1) is 19.8. The van der Waals surface area contributed by atoms with Crippen LogP contribution in [0, 0.1) is 6.92 Å². The van der Waals surface area contributed by atoms with Crippen LogP contribution < -0.4 is 10.6 Å². The van der Waals surface area contributed by atoms with Crippen molar-refractivity contribution in [2.75, 3.05) is 5.32 Å². The van der Waals surface area contributed by atoms with E-state index in [9.17, 15) is 9.59 Å². The number of carbonyl (C=O) groups is 2. The Kier molecular flexibility index (Phi) is 6.21. The predicted octanol–water partition coefficient (Wildman–Crippen LogP) is 4.49. The molecule has 0 spiro atoms. The van der Waals surface area contributed by atoms with Crippen LogP contribution in [0.3, 0.4) is 0 Å². The Morgan fingerprint density at radius 2 is 1.86 bits per heavy atom. The summed E-state index contributed by atoms with van der Waals surface area (Å²) in [5, 5.41) is 6.72. The molecule has 3 rings (SSSR count). The first-order chi connectivity index (χ1) is 13.4. The number of amides is 2. The minimum absolute atomic E-state index is 0.125. The van der Waals surface area contributed by atoms with Crippen LogP contribution in [0.4, 0.5) is 5.69 Å². The molecule has 0 fully saturated rings. The minimum Gasteiger partial charge on any atom is -0.345 e. The Morgan fingerprint density at radius 1 is 1.11 bits per heavy atom. The average molecular weight is 394 g/mol. The first-order valence-corrected chi connectivity index (χ1v) is 9.92. The number of hydrogen-bond donors (Lipinski definition) is 2. The quantitative estimate of drug-likeness (QED) is 0.648. The molecule has 2 aromatic carbocycles. The number of nitrogens with zero attached hydrogens (tertiary/aromatic N) is 1. The zero-order chi connectivity index (χ0) is 20.1. The van der Waals surface area contributed by atoms with Crippen LogP contribution in [0.2, 0.25) is 0 Å². The van der Waals surface area contributed by atoms with Crippen molar-refractivity contribution < 1.29 is 9.59 Å². The highest BCUT2D eigenvalue weighted by Gasteiger charge is 2.18. The molecule has 28 heavy (non-hydrogen) atoms. The van der Waals surface area contributed by atoms with Crippen molar-refractivity contribution in [2.45, 2.75) is 33.2 Å². The molecule has 2 N–H and O–H groups in total. The molecule has 6 heteroatoms. The van der Waals surface area contributed by atoms with Gasteiger partial charge in [0.1, 0.15) is 4.88 Å². The third-order valence-corrected chi connectivity index (χ3v) is 5.46. The van der Waals surface area contributed by atoms with Gasteiger partial charge >= 0.3 is 0 Å². The Morgan fingerprint density at radius 3 is 2.57 bits per heavy atom. The average Bonchev–Trinajstić information content (AvgIpc) is 3.02. The number of anilines is 1. The van der Waals surface area contributed by atoms with Crippen LogP contribution in [0.5, 0.6) is 0 Å². The van der Waals surface area contributed by atoms with Gasteiger partial charge in [0, 0.05) is 19.0 Å². The summed E-state index contributed by atoms with van der Waals surface area (Å²) in [5.41, 5.74) is 3.55. The molecule has 1 heterocycles. The maximum atomic E-state index is 12.8. The fourth-order valence-corrected chi connectivity index (χ4v) is 3.95. The smallest absolute Gasteiger partial charge is 0.263 e. The number of benzene rings is 2. The first-order valence-electron chi connectivity index (χ1n) is 9.11. The number of aryl methyl sites for hydroxylation is 1. The monoisotopic (exact) mass is 393 g/mol. The number of nitrogens with one attached hydrogen (secondary N) is 2. The van der Waals surface area contributed by atoms with Crippen LogP contribution in [0.15, 0.2) is 54.6 Å². The molecule has 0 aliphatic carbocycles. The van der Waals surface area contributed by atoms with E-state index < -0.39 is 0 Å². The molecule has 1 aromatic heterocycles. The second kappa shape index (κ2) is 8.80. The molecule has 0 bridgehead atoms. The third kappa shape index (κ3) is 5.04. The number of rotatable bonds is 6. The highest BCUT2D eigenvalue weighted by molar-refractivity contribution is 7.13. The maximum absolute atomic E-state index is 12.8. The van der Waals surface area contributed by atoms with E-state index in [0.717, 1.165) is 16.3 Å². The van der Waals surface area contributed by atoms with Crippen LogP contribution in [-0.2, 0) is 11.2 Å². The molecule has 0 unspecified atom stereocenters. The molecular weight excluding hydrogens is 370 g/mol. The van der Waals surface area contributed by atoms with Crippen LogP contribution in [0.1, 0.15) is 51.4 Å². The molecule has 144 valence electrons. The largest absolute Gasteiger partial charge is 0.345 e. The zero-order valence-corrected chi connectivity index (χ0v) is 17.0. The Balaban J connectivity index is 1.70. The summed E-state index contributed by atoms with van der Waals surface area (Å²) < 4.78 is 0. The second-order valence-corrected chi connectivity index (χ2v) is 7.77. The lowest BCUT2D eigenvalue weighted by molar-refractivity contribution is -0.114. The highest BCUT2D eigenvalue weighted by Crippen LogP contribution is 2.23. The molecule has 0 aliphatic rings. The van der Waals surface area contributed by atoms with Crippen LogP contribution in [0.25, 0.3) is 0 Å². The fourth-order valence-electron chi connectivity index (χ4n) is 2.94. The standard InChI is InChI=1S/C22H23N3O2S/c1-14(18-10-7-11-19(13-18)25-16(3)26)24-22(27)21-15(2)23-20(28-21)12-17-8-5-4-6-9-17/h4-11,13-14H,12H2,1-3H3,(H,24,27)(H,25,26)/t14-/m1/s1. The Bertz CT molecular complexity index is 982. The van der Waals surface area contributed by atoms with Gasteiger partial charge in [-0.1, -0.05) is 42.5 Å². The molecule has 0 saturated carbocycles. The Labute approximate surface area is 168 Å². The van der Waals surface area contributed by atoms with Crippen LogP contribution >= 0.6 is 11.3 Å². The van der Waals surface area contributed by atoms with E-state index in [4.69, 9.17) is 0 Å². The van der Waals surface area contributed by atoms with Gasteiger partial charge in [-0.25, -0.2) is 4.98 Å². The minimum atomic E-state index is -0.194. The second-order valence-electron chi connectivity index (χ2n) is 6.69. The lowest BCUT2D eigenvalue weighted by Crippen LogP contribution is -2.26. The molecule has 0 radical (unpaired) electrons. The van der Waals surface area contributed by atoms with Gasteiger partial charge in [0.15, 0.2) is 0 Å². The number of aromatic nitrogens is 1. The molecular formula is C22H23N3O2S. The maximum Gasteiger partial charge on any atom is 0.263 e. The van der Waals surface area contributed by atoms with Gasteiger partial charge in [-0.05, 0) is 37.1 Å². The zero-order valence-electron chi connectivity index (χ0n) is 16.2. The van der Waals surface area contributed by atoms with E-state index >= 15 is 0 Å². The highest BCUT2D eigenvalue weighted by atomic mass is 32.1. The van der Waals surface area contributed by atoms with Crippen molar-refractivity contribution >= 4 is 28.8 Å². The summed E-state index contributed by atoms with van der Waals surface area (Å²) >= 11 is 1.43. The molecule has 5 nitrogen and oxygen atoms in total. The van der Waals surface area contributed by atoms with Crippen molar-refractivity contribution in [3.63, 3.8) is 0 Å². The third-order valence-electron chi connectivity index (χ3n) is 4.30. The summed E-state index contributed by atoms with van der Waals surface area (Å²) in [6.45, 7) is 5.26. The molecule has 3 aromatic rings. The Hall–Kier alpha value is -2.99. The van der Waals surface area contributed by atoms with E-state index in [0.29, 0.717) is 17.0 Å². The van der Waals surface area contributed by atoms with Crippen molar-refractivity contribution in [2.24, 2.45) is 0 Å². The number of carbonyl (C=O) groups excluding carboxylic acids is 2. The molecule has 0 aliphatic heterocycles. The van der Waals surface area contributed by atoms with Gasteiger partial charge in [0.25, 0.3) is 5.91 Å². The topological polar surface area (TPSA) is 71.1 Å². The van der Waals surface area contributed by atoms with Crippen LogP contribution in [-0.4, -0.2) is 16.8 Å². The van der Waals surface area contributed by atoms with E-state index in [2.05, 4.69) is 27.8 Å². The lowest BCUT2D eigenvalue weighted by Gasteiger charge is -2.15. The van der Waals surface area contributed by atoms with E-state index in [1.54, 1.807) is 0 Å². The molecule has 1 atom stereocenters. The number of thiazole rings is 1. The normalized spacial score (nSPS) is 11.7. The van der Waals surface area contributed by atoms with Crippen molar-refractivity contribution in [3.8, 4) is 0 Å². The van der Waals surface area contributed by atoms with Crippen molar-refractivity contribution in [3.05, 3.63) is 81.3 Å². The predicted molar refractivity (Wildman–Crippen MR) is 113 cm³/mol. The van der Waals surface area contributed by atoms with Gasteiger partial charge in [0.05, 0.1) is 16.7 Å². The summed E-state index contributed by atoms with van der Waals surface area (Å²) in [5.74, 6) is -0.258. The van der Waals surface area contributed by atoms with Crippen molar-refractivity contribution in [1.29, 1.82) is 0 Å². The number of hydrogen-bond acceptors (Lipinski definition) is 4. The molecule has 2 amide bonds. The lowest BCUT2D eigenvalue weighted by atomic mass is 10.1. The van der Waals surface area contributed by atoms with Gasteiger partial charge in [0.2, 0.25) is 5.91 Å². The SMILES string of the molecule is CC(=O)Nc1cccc([C@@H](C)NC(=O)c2sc(Cc3ccccc3)nc2C)c1. The van der Waals surface area contributed by atoms with E-state index in [-0.39, 0.29) is 17.9 Å². The summed E-state index contributed by atoms with van der Waals surface area (Å²) in [6, 6.07) is 17.4. The van der Waals surface area contributed by atoms with E-state index in [1.807, 2.05) is 56.3 Å². The van der Waals surface area contributed by atoms with Gasteiger partial charge in [-0.3, -0.25) is 9.59 Å². The van der Waals surface area contributed by atoms with Gasteiger partial charge < -0.3 is 10.6 Å².